The standard InChI is InChI=1S/C17H16ClN5O4S/c18-12-3-1-11(2-4-12)16-9-13(10-22(25)17(19)24)21-23(16)14-5-7-15(8-6-14)28(20,26)27/h1-9,25H,10H2,(H2,19,24)(H2,20,26,27). The van der Waals surface area contributed by atoms with E-state index in [1.54, 1.807) is 47.1 Å². The normalized spacial score (nSPS) is 11.4. The molecule has 0 spiro atoms. The van der Waals surface area contributed by atoms with Gasteiger partial charge >= 0.3 is 6.03 Å². The number of aromatic nitrogens is 2. The summed E-state index contributed by atoms with van der Waals surface area (Å²) in [6.45, 7) is -0.224. The number of primary sulfonamides is 1. The average molecular weight is 422 g/mol. The van der Waals surface area contributed by atoms with Crippen molar-refractivity contribution in [3.8, 4) is 16.9 Å². The highest BCUT2D eigenvalue weighted by molar-refractivity contribution is 7.89. The van der Waals surface area contributed by atoms with E-state index >= 15 is 0 Å². The van der Waals surface area contributed by atoms with E-state index in [1.807, 2.05) is 0 Å². The number of hydrogen-bond donors (Lipinski definition) is 3. The van der Waals surface area contributed by atoms with E-state index in [0.717, 1.165) is 5.56 Å². The Labute approximate surface area is 165 Å². The van der Waals surface area contributed by atoms with Crippen molar-refractivity contribution in [1.29, 1.82) is 0 Å². The Bertz CT molecular complexity index is 1110. The number of hydrogen-bond acceptors (Lipinski definition) is 5. The van der Waals surface area contributed by atoms with Gasteiger partial charge < -0.3 is 5.73 Å². The Morgan fingerprint density at radius 1 is 1.14 bits per heavy atom. The van der Waals surface area contributed by atoms with Crippen molar-refractivity contribution in [2.45, 2.75) is 11.4 Å². The molecule has 146 valence electrons. The molecule has 9 nitrogen and oxygen atoms in total. The summed E-state index contributed by atoms with van der Waals surface area (Å²) < 4.78 is 24.5. The zero-order valence-electron chi connectivity index (χ0n) is 14.4. The lowest BCUT2D eigenvalue weighted by Gasteiger charge is -2.09. The molecule has 3 aromatic rings. The fourth-order valence-electron chi connectivity index (χ4n) is 2.54. The third-order valence-corrected chi connectivity index (χ3v) is 5.06. The zero-order chi connectivity index (χ0) is 20.5. The average Bonchev–Trinajstić information content (AvgIpc) is 3.05. The Kier molecular flexibility index (Phi) is 5.38. The van der Waals surface area contributed by atoms with Crippen molar-refractivity contribution in [3.05, 3.63) is 65.3 Å². The molecule has 1 heterocycles. The third kappa shape index (κ3) is 4.31. The van der Waals surface area contributed by atoms with Gasteiger partial charge in [0.15, 0.2) is 0 Å². The Hall–Kier alpha value is -2.92. The van der Waals surface area contributed by atoms with Crippen LogP contribution in [0.4, 0.5) is 4.79 Å². The maximum atomic E-state index is 11.5. The molecule has 2 aromatic carbocycles. The molecule has 0 aliphatic rings. The van der Waals surface area contributed by atoms with Gasteiger partial charge in [0.25, 0.3) is 0 Å². The monoisotopic (exact) mass is 421 g/mol. The van der Waals surface area contributed by atoms with Crippen LogP contribution < -0.4 is 10.9 Å². The van der Waals surface area contributed by atoms with E-state index in [9.17, 15) is 18.4 Å². The number of carbonyl (C=O) groups excluding carboxylic acids is 1. The van der Waals surface area contributed by atoms with Crippen LogP contribution in [0, 0.1) is 0 Å². The summed E-state index contributed by atoms with van der Waals surface area (Å²) in [5.41, 5.74) is 7.35. The van der Waals surface area contributed by atoms with Crippen molar-refractivity contribution < 1.29 is 18.4 Å². The number of amides is 2. The molecule has 1 aromatic heterocycles. The first kappa shape index (κ1) is 19.8. The zero-order valence-corrected chi connectivity index (χ0v) is 15.9. The van der Waals surface area contributed by atoms with E-state index in [-0.39, 0.29) is 11.4 Å². The molecule has 11 heteroatoms. The highest BCUT2D eigenvalue weighted by atomic mass is 35.5. The highest BCUT2D eigenvalue weighted by Gasteiger charge is 2.16. The number of hydroxylamine groups is 2. The molecular formula is C17H16ClN5O4S. The van der Waals surface area contributed by atoms with Gasteiger partial charge in [-0.2, -0.15) is 5.10 Å². The van der Waals surface area contributed by atoms with E-state index in [2.05, 4.69) is 5.10 Å². The van der Waals surface area contributed by atoms with Crippen LogP contribution in [0.2, 0.25) is 5.02 Å². The number of sulfonamides is 1. The number of carbonyl (C=O) groups is 1. The van der Waals surface area contributed by atoms with Crippen LogP contribution in [0.3, 0.4) is 0 Å². The SMILES string of the molecule is NC(=O)N(O)Cc1cc(-c2ccc(Cl)cc2)n(-c2ccc(S(N)(=O)=O)cc2)n1. The molecule has 0 unspecified atom stereocenters. The Morgan fingerprint density at radius 2 is 1.75 bits per heavy atom. The first-order valence-electron chi connectivity index (χ1n) is 7.89. The van der Waals surface area contributed by atoms with Crippen LogP contribution in [0.15, 0.2) is 59.5 Å². The van der Waals surface area contributed by atoms with Gasteiger partial charge in [0, 0.05) is 10.6 Å². The van der Waals surface area contributed by atoms with E-state index < -0.39 is 16.1 Å². The van der Waals surface area contributed by atoms with Gasteiger partial charge in [-0.25, -0.2) is 28.1 Å². The number of urea groups is 1. The number of benzene rings is 2. The van der Waals surface area contributed by atoms with E-state index in [1.165, 1.54) is 12.1 Å². The molecule has 0 saturated carbocycles. The van der Waals surface area contributed by atoms with Gasteiger partial charge in [-0.1, -0.05) is 23.7 Å². The summed E-state index contributed by atoms with van der Waals surface area (Å²) in [4.78, 5) is 11.0. The van der Waals surface area contributed by atoms with Crippen LogP contribution in [0.25, 0.3) is 16.9 Å². The van der Waals surface area contributed by atoms with Crippen molar-refractivity contribution >= 4 is 27.7 Å². The van der Waals surface area contributed by atoms with Crippen molar-refractivity contribution in [3.63, 3.8) is 0 Å². The van der Waals surface area contributed by atoms with Gasteiger partial charge in [-0.3, -0.25) is 5.21 Å². The molecular weight excluding hydrogens is 406 g/mol. The molecule has 0 bridgehead atoms. The highest BCUT2D eigenvalue weighted by Crippen LogP contribution is 2.26. The number of halogens is 1. The van der Waals surface area contributed by atoms with Gasteiger partial charge in [-0.05, 0) is 42.5 Å². The summed E-state index contributed by atoms with van der Waals surface area (Å²) >= 11 is 5.94. The summed E-state index contributed by atoms with van der Waals surface area (Å²) in [7, 11) is -3.82. The van der Waals surface area contributed by atoms with Crippen molar-refractivity contribution in [2.75, 3.05) is 0 Å². The minimum Gasteiger partial charge on any atom is -0.350 e. The van der Waals surface area contributed by atoms with Crippen LogP contribution in [0.5, 0.6) is 0 Å². The summed E-state index contributed by atoms with van der Waals surface area (Å²) in [6.07, 6.45) is 0. The lowest BCUT2D eigenvalue weighted by Crippen LogP contribution is -2.32. The van der Waals surface area contributed by atoms with Crippen LogP contribution in [0.1, 0.15) is 5.69 Å². The number of rotatable bonds is 5. The second kappa shape index (κ2) is 7.60. The lowest BCUT2D eigenvalue weighted by molar-refractivity contribution is -0.0479. The minimum absolute atomic E-state index is 0.0352. The molecule has 2 amide bonds. The van der Waals surface area contributed by atoms with E-state index in [0.29, 0.717) is 27.2 Å². The minimum atomic E-state index is -3.82. The van der Waals surface area contributed by atoms with Crippen molar-refractivity contribution in [1.82, 2.24) is 14.8 Å². The number of nitrogens with zero attached hydrogens (tertiary/aromatic N) is 3. The quantitative estimate of drug-likeness (QED) is 0.426. The molecule has 5 N–H and O–H groups in total. The summed E-state index contributed by atoms with van der Waals surface area (Å²) in [6, 6.07) is 13.4. The smallest absolute Gasteiger partial charge is 0.338 e. The molecule has 0 aliphatic carbocycles. The number of nitrogens with two attached hydrogens (primary N) is 2. The third-order valence-electron chi connectivity index (χ3n) is 3.88. The summed E-state index contributed by atoms with van der Waals surface area (Å²) in [5.74, 6) is 0. The van der Waals surface area contributed by atoms with Gasteiger partial charge in [0.05, 0.1) is 28.5 Å². The fraction of sp³-hybridized carbons (Fsp3) is 0.0588. The topological polar surface area (TPSA) is 145 Å². The predicted octanol–water partition coefficient (Wildman–Crippen LogP) is 2.11. The fourth-order valence-corrected chi connectivity index (χ4v) is 3.18. The second-order valence-corrected chi connectivity index (χ2v) is 7.87. The predicted molar refractivity (Wildman–Crippen MR) is 102 cm³/mol. The van der Waals surface area contributed by atoms with Crippen LogP contribution >= 0.6 is 11.6 Å². The molecule has 0 saturated heterocycles. The molecule has 0 aliphatic heterocycles. The first-order chi connectivity index (χ1) is 13.1. The van der Waals surface area contributed by atoms with Gasteiger partial charge in [0.1, 0.15) is 0 Å². The molecule has 0 radical (unpaired) electrons. The lowest BCUT2D eigenvalue weighted by atomic mass is 10.1. The summed E-state index contributed by atoms with van der Waals surface area (Å²) in [5, 5.41) is 20.0. The largest absolute Gasteiger partial charge is 0.350 e. The first-order valence-corrected chi connectivity index (χ1v) is 9.81. The molecule has 0 atom stereocenters. The second-order valence-electron chi connectivity index (χ2n) is 5.87. The molecule has 3 rings (SSSR count). The van der Waals surface area contributed by atoms with Gasteiger partial charge in [0.2, 0.25) is 10.0 Å². The molecule has 28 heavy (non-hydrogen) atoms. The van der Waals surface area contributed by atoms with Crippen molar-refractivity contribution in [2.24, 2.45) is 10.9 Å². The molecule has 0 fully saturated rings. The van der Waals surface area contributed by atoms with Crippen LogP contribution in [-0.2, 0) is 16.6 Å². The maximum Gasteiger partial charge on any atom is 0.338 e. The maximum absolute atomic E-state index is 11.5. The Balaban J connectivity index is 2.08. The number of primary amides is 1. The van der Waals surface area contributed by atoms with Crippen LogP contribution in [-0.4, -0.2) is 34.5 Å². The Morgan fingerprint density at radius 3 is 2.29 bits per heavy atom. The van der Waals surface area contributed by atoms with Gasteiger partial charge in [-0.15, -0.1) is 0 Å². The van der Waals surface area contributed by atoms with E-state index in [4.69, 9.17) is 22.5 Å².